The van der Waals surface area contributed by atoms with Crippen molar-refractivity contribution in [3.63, 3.8) is 0 Å². The number of aliphatic hydroxyl groups is 1. The van der Waals surface area contributed by atoms with Crippen LogP contribution in [0.3, 0.4) is 0 Å². The third-order valence-corrected chi connectivity index (χ3v) is 8.85. The van der Waals surface area contributed by atoms with Crippen molar-refractivity contribution in [3.05, 3.63) is 49.6 Å². The average molecular weight is 568 g/mol. The number of nitrogens with zero attached hydrogens (tertiary/aromatic N) is 3. The molecule has 9 heteroatoms. The molecule has 9 nitrogen and oxygen atoms in total. The number of anilines is 1. The first-order chi connectivity index (χ1) is 19.6. The lowest BCUT2D eigenvalue weighted by molar-refractivity contribution is -0.152. The minimum absolute atomic E-state index is 0.00191. The third-order valence-electron chi connectivity index (χ3n) is 8.85. The molecule has 3 aliphatic heterocycles. The summed E-state index contributed by atoms with van der Waals surface area (Å²) in [7, 11) is 0. The van der Waals surface area contributed by atoms with Crippen molar-refractivity contribution in [1.29, 1.82) is 0 Å². The Bertz CT molecular complexity index is 1150. The fourth-order valence-electron chi connectivity index (χ4n) is 7.08. The third kappa shape index (κ3) is 5.30. The van der Waals surface area contributed by atoms with Crippen LogP contribution < -0.4 is 9.64 Å². The van der Waals surface area contributed by atoms with Gasteiger partial charge in [0, 0.05) is 38.0 Å². The molecule has 3 fully saturated rings. The lowest BCUT2D eigenvalue weighted by atomic mass is 9.66. The summed E-state index contributed by atoms with van der Waals surface area (Å²) in [5, 5.41) is 9.41. The van der Waals surface area contributed by atoms with Gasteiger partial charge in [-0.2, -0.15) is 0 Å². The van der Waals surface area contributed by atoms with Gasteiger partial charge in [0.1, 0.15) is 17.4 Å². The number of amides is 3. The fraction of sp³-hybridized carbons (Fsp3) is 0.594. The molecular formula is C32H45N3O6. The van der Waals surface area contributed by atoms with Gasteiger partial charge < -0.3 is 29.3 Å². The number of fused-ring (bicyclic) bond motifs is 1. The van der Waals surface area contributed by atoms with Gasteiger partial charge in [-0.1, -0.05) is 12.2 Å². The van der Waals surface area contributed by atoms with E-state index < -0.39 is 29.1 Å². The highest BCUT2D eigenvalue weighted by Gasteiger charge is 2.78. The second kappa shape index (κ2) is 12.4. The molecule has 0 saturated carbocycles. The number of benzene rings is 1. The van der Waals surface area contributed by atoms with E-state index in [0.29, 0.717) is 56.8 Å². The van der Waals surface area contributed by atoms with Crippen LogP contribution >= 0.6 is 0 Å². The summed E-state index contributed by atoms with van der Waals surface area (Å²) in [4.78, 5) is 48.0. The van der Waals surface area contributed by atoms with E-state index in [-0.39, 0.29) is 36.9 Å². The molecule has 3 saturated heterocycles. The average Bonchev–Trinajstić information content (AvgIpc) is 3.51. The zero-order valence-corrected chi connectivity index (χ0v) is 24.9. The molecule has 3 amide bonds. The number of carbonyl (C=O) groups is 3. The second-order valence-electron chi connectivity index (χ2n) is 11.7. The number of ether oxygens (including phenoxy) is 2. The fourth-order valence-corrected chi connectivity index (χ4v) is 7.08. The van der Waals surface area contributed by atoms with Crippen LogP contribution in [0.4, 0.5) is 5.69 Å². The zero-order valence-electron chi connectivity index (χ0n) is 24.9. The normalized spacial score (nSPS) is 28.1. The van der Waals surface area contributed by atoms with Crippen LogP contribution in [0, 0.1) is 11.8 Å². The Balaban J connectivity index is 1.75. The molecule has 3 aliphatic rings. The van der Waals surface area contributed by atoms with E-state index in [1.54, 1.807) is 26.9 Å². The van der Waals surface area contributed by atoms with Gasteiger partial charge in [-0.15, -0.1) is 13.2 Å². The van der Waals surface area contributed by atoms with Crippen LogP contribution in [-0.4, -0.2) is 88.8 Å². The van der Waals surface area contributed by atoms with E-state index in [1.807, 2.05) is 52.0 Å². The Morgan fingerprint density at radius 3 is 2.41 bits per heavy atom. The summed E-state index contributed by atoms with van der Waals surface area (Å²) < 4.78 is 12.4. The maximum Gasteiger partial charge on any atom is 0.248 e. The molecule has 2 unspecified atom stereocenters. The van der Waals surface area contributed by atoms with Gasteiger partial charge in [0.2, 0.25) is 17.7 Å². The summed E-state index contributed by atoms with van der Waals surface area (Å²) in [6, 6.07) is 6.34. The standard InChI is InChI=1S/C32H45N3O6/c1-7-18-33(22(4)5)30(39)27-32-17-16-31(6,41-32)25(26(32)29(38)35(27)20-10-11-21-36)28(37)34(19-8-2)23-12-14-24(15-13-23)40-9-3/h7-8,12-15,22,25-27,36H,1-2,9-11,16-21H2,3-6H3/t25-,26-,27?,31+,32?/m0/s1. The first-order valence-corrected chi connectivity index (χ1v) is 14.8. The van der Waals surface area contributed by atoms with Crippen molar-refractivity contribution in [2.45, 2.75) is 76.7 Å². The smallest absolute Gasteiger partial charge is 0.248 e. The first-order valence-electron chi connectivity index (χ1n) is 14.8. The zero-order chi connectivity index (χ0) is 29.9. The molecule has 2 bridgehead atoms. The lowest BCUT2D eigenvalue weighted by Crippen LogP contribution is -2.57. The predicted octanol–water partition coefficient (Wildman–Crippen LogP) is 3.56. The van der Waals surface area contributed by atoms with Gasteiger partial charge in [-0.05, 0) is 77.6 Å². The molecule has 1 aromatic rings. The van der Waals surface area contributed by atoms with E-state index in [0.717, 1.165) is 0 Å². The maximum atomic E-state index is 14.5. The molecule has 0 aromatic heterocycles. The van der Waals surface area contributed by atoms with Gasteiger partial charge in [0.25, 0.3) is 0 Å². The number of carbonyl (C=O) groups excluding carboxylic acids is 3. The van der Waals surface area contributed by atoms with E-state index in [1.165, 1.54) is 0 Å². The number of hydrogen-bond acceptors (Lipinski definition) is 6. The summed E-state index contributed by atoms with van der Waals surface area (Å²) in [6.45, 7) is 16.8. The largest absolute Gasteiger partial charge is 0.494 e. The Morgan fingerprint density at radius 1 is 1.15 bits per heavy atom. The molecule has 1 N–H and O–H groups in total. The van der Waals surface area contributed by atoms with E-state index in [2.05, 4.69) is 13.2 Å². The van der Waals surface area contributed by atoms with Crippen LogP contribution in [0.2, 0.25) is 0 Å². The Labute approximate surface area is 243 Å². The number of likely N-dealkylation sites (tertiary alicyclic amines) is 1. The SMILES string of the molecule is C=CCN(C(=O)[C@@H]1[C@H]2C(=O)N(CCCCO)C(C(=O)N(CC=C)C(C)C)C23CC[C@@]1(C)O3)c1ccc(OCC)cc1. The van der Waals surface area contributed by atoms with E-state index in [4.69, 9.17) is 9.47 Å². The van der Waals surface area contributed by atoms with Crippen LogP contribution in [0.1, 0.15) is 53.4 Å². The van der Waals surface area contributed by atoms with Gasteiger partial charge >= 0.3 is 0 Å². The molecule has 41 heavy (non-hydrogen) atoms. The first kappa shape index (κ1) is 30.8. The molecule has 0 aliphatic carbocycles. The minimum Gasteiger partial charge on any atom is -0.494 e. The second-order valence-corrected chi connectivity index (χ2v) is 11.7. The Hall–Kier alpha value is -3.17. The highest BCUT2D eigenvalue weighted by molar-refractivity contribution is 6.03. The van der Waals surface area contributed by atoms with Crippen LogP contribution in [0.15, 0.2) is 49.6 Å². The van der Waals surface area contributed by atoms with Crippen LogP contribution in [0.5, 0.6) is 5.75 Å². The van der Waals surface area contributed by atoms with Gasteiger partial charge in [-0.25, -0.2) is 0 Å². The maximum absolute atomic E-state index is 14.5. The molecule has 1 aromatic carbocycles. The molecular weight excluding hydrogens is 522 g/mol. The molecule has 3 heterocycles. The quantitative estimate of drug-likeness (QED) is 0.273. The van der Waals surface area contributed by atoms with Crippen molar-refractivity contribution >= 4 is 23.4 Å². The Kier molecular flexibility index (Phi) is 9.29. The summed E-state index contributed by atoms with van der Waals surface area (Å²) >= 11 is 0. The van der Waals surface area contributed by atoms with Gasteiger partial charge in [0.05, 0.1) is 24.0 Å². The van der Waals surface area contributed by atoms with Crippen molar-refractivity contribution in [2.24, 2.45) is 11.8 Å². The van der Waals surface area contributed by atoms with Gasteiger partial charge in [0.15, 0.2) is 0 Å². The number of aliphatic hydroxyl groups excluding tert-OH is 1. The molecule has 0 radical (unpaired) electrons. The number of rotatable bonds is 14. The predicted molar refractivity (Wildman–Crippen MR) is 157 cm³/mol. The topological polar surface area (TPSA) is 99.6 Å². The summed E-state index contributed by atoms with van der Waals surface area (Å²) in [6.07, 6.45) is 5.49. The van der Waals surface area contributed by atoms with Crippen molar-refractivity contribution in [3.8, 4) is 5.75 Å². The molecule has 1 spiro atoms. The van der Waals surface area contributed by atoms with Crippen LogP contribution in [-0.2, 0) is 19.1 Å². The molecule has 224 valence electrons. The molecule has 4 rings (SSSR count). The number of hydrogen-bond donors (Lipinski definition) is 1. The van der Waals surface area contributed by atoms with Crippen LogP contribution in [0.25, 0.3) is 0 Å². The molecule has 5 atom stereocenters. The Morgan fingerprint density at radius 2 is 1.83 bits per heavy atom. The van der Waals surface area contributed by atoms with Crippen molar-refractivity contribution < 1.29 is 29.0 Å². The minimum atomic E-state index is -1.10. The highest BCUT2D eigenvalue weighted by atomic mass is 16.5. The van der Waals surface area contributed by atoms with E-state index >= 15 is 0 Å². The monoisotopic (exact) mass is 567 g/mol. The summed E-state index contributed by atoms with van der Waals surface area (Å²) in [5.74, 6) is -1.48. The lowest BCUT2D eigenvalue weighted by Gasteiger charge is -2.38. The van der Waals surface area contributed by atoms with Gasteiger partial charge in [-0.3, -0.25) is 14.4 Å². The van der Waals surface area contributed by atoms with Crippen molar-refractivity contribution in [2.75, 3.05) is 37.7 Å². The summed E-state index contributed by atoms with van der Waals surface area (Å²) in [5.41, 5.74) is -1.32. The highest BCUT2D eigenvalue weighted by Crippen LogP contribution is 2.63. The van der Waals surface area contributed by atoms with Crippen molar-refractivity contribution in [1.82, 2.24) is 9.80 Å². The van der Waals surface area contributed by atoms with E-state index in [9.17, 15) is 19.5 Å². The number of unbranched alkanes of at least 4 members (excludes halogenated alkanes) is 1.